The van der Waals surface area contributed by atoms with Crippen molar-refractivity contribution in [3.05, 3.63) is 63.4 Å². The molecule has 1 amide bonds. The first-order valence-electron chi connectivity index (χ1n) is 5.71. The Hall–Kier alpha value is -2.96. The second kappa shape index (κ2) is 5.79. The zero-order valence-electron chi connectivity index (χ0n) is 10.6. The summed E-state index contributed by atoms with van der Waals surface area (Å²) in [5.74, 6) is -0.557. The molecule has 0 saturated carbocycles. The van der Waals surface area contributed by atoms with Crippen molar-refractivity contribution >= 4 is 18.0 Å². The van der Waals surface area contributed by atoms with E-state index in [-0.39, 0.29) is 17.6 Å². The maximum atomic E-state index is 11.8. The molecule has 7 nitrogen and oxygen atoms in total. The molecule has 1 N–H and O–H groups in total. The minimum Gasteiger partial charge on any atom is -0.400 e. The van der Waals surface area contributed by atoms with Crippen molar-refractivity contribution in [2.24, 2.45) is 5.10 Å². The Balaban J connectivity index is 2.01. The van der Waals surface area contributed by atoms with Crippen molar-refractivity contribution in [3.63, 3.8) is 0 Å². The molecule has 102 valence electrons. The minimum absolute atomic E-state index is 0.182. The first-order chi connectivity index (χ1) is 9.58. The monoisotopic (exact) mass is 273 g/mol. The van der Waals surface area contributed by atoms with Crippen molar-refractivity contribution < 1.29 is 14.1 Å². The van der Waals surface area contributed by atoms with Crippen LogP contribution in [0, 0.1) is 17.0 Å². The first-order valence-corrected chi connectivity index (χ1v) is 5.71. The standard InChI is InChI=1S/C13H11N3O4/c1-9-4-2-3-5-11(9)13(17)15-14-8-10-6-7-12(20-10)16(18)19/h2-8H,1H3,(H,15,17). The van der Waals surface area contributed by atoms with Gasteiger partial charge < -0.3 is 4.42 Å². The predicted octanol–water partition coefficient (Wildman–Crippen LogP) is 2.26. The number of furan rings is 1. The maximum Gasteiger partial charge on any atom is 0.433 e. The highest BCUT2D eigenvalue weighted by Crippen LogP contribution is 2.13. The molecule has 20 heavy (non-hydrogen) atoms. The van der Waals surface area contributed by atoms with Crippen molar-refractivity contribution in [3.8, 4) is 0 Å². The van der Waals surface area contributed by atoms with Gasteiger partial charge in [-0.2, -0.15) is 5.10 Å². The van der Waals surface area contributed by atoms with E-state index in [1.807, 2.05) is 19.1 Å². The smallest absolute Gasteiger partial charge is 0.400 e. The summed E-state index contributed by atoms with van der Waals surface area (Å²) < 4.78 is 4.86. The lowest BCUT2D eigenvalue weighted by atomic mass is 10.1. The van der Waals surface area contributed by atoms with Crippen molar-refractivity contribution in [2.45, 2.75) is 6.92 Å². The highest BCUT2D eigenvalue weighted by molar-refractivity contribution is 5.96. The van der Waals surface area contributed by atoms with Gasteiger partial charge in [-0.05, 0) is 24.6 Å². The largest absolute Gasteiger partial charge is 0.433 e. The average molecular weight is 273 g/mol. The topological polar surface area (TPSA) is 97.7 Å². The molecule has 0 aliphatic carbocycles. The normalized spacial score (nSPS) is 10.7. The van der Waals surface area contributed by atoms with Gasteiger partial charge in [-0.15, -0.1) is 0 Å². The lowest BCUT2D eigenvalue weighted by Crippen LogP contribution is -2.18. The van der Waals surface area contributed by atoms with Gasteiger partial charge in [0.1, 0.15) is 4.92 Å². The van der Waals surface area contributed by atoms with Crippen LogP contribution in [0.1, 0.15) is 21.7 Å². The van der Waals surface area contributed by atoms with Crippen LogP contribution in [0.25, 0.3) is 0 Å². The number of benzene rings is 1. The van der Waals surface area contributed by atoms with Gasteiger partial charge in [-0.25, -0.2) is 5.43 Å². The number of nitrogens with zero attached hydrogens (tertiary/aromatic N) is 2. The van der Waals surface area contributed by atoms with Crippen LogP contribution < -0.4 is 5.43 Å². The van der Waals surface area contributed by atoms with Gasteiger partial charge in [0.15, 0.2) is 5.76 Å². The number of amides is 1. The van der Waals surface area contributed by atoms with E-state index in [1.54, 1.807) is 12.1 Å². The molecule has 1 aromatic carbocycles. The number of hydrogen-bond acceptors (Lipinski definition) is 5. The number of aryl methyl sites for hydroxylation is 1. The van der Waals surface area contributed by atoms with Gasteiger partial charge in [0, 0.05) is 5.56 Å². The van der Waals surface area contributed by atoms with Crippen LogP contribution in [0.5, 0.6) is 0 Å². The predicted molar refractivity (Wildman–Crippen MR) is 71.6 cm³/mol. The Morgan fingerprint density at radius 1 is 1.35 bits per heavy atom. The molecule has 0 fully saturated rings. The number of nitrogens with one attached hydrogen (secondary N) is 1. The lowest BCUT2D eigenvalue weighted by molar-refractivity contribution is -0.402. The Kier molecular flexibility index (Phi) is 3.90. The average Bonchev–Trinajstić information content (AvgIpc) is 2.88. The summed E-state index contributed by atoms with van der Waals surface area (Å²) in [5.41, 5.74) is 3.66. The zero-order chi connectivity index (χ0) is 14.5. The molecule has 0 atom stereocenters. The molecule has 7 heteroatoms. The summed E-state index contributed by atoms with van der Waals surface area (Å²) in [6.07, 6.45) is 1.20. The quantitative estimate of drug-likeness (QED) is 0.524. The van der Waals surface area contributed by atoms with E-state index in [4.69, 9.17) is 4.42 Å². The molecule has 1 aromatic heterocycles. The second-order valence-electron chi connectivity index (χ2n) is 3.95. The van der Waals surface area contributed by atoms with Crippen molar-refractivity contribution in [1.29, 1.82) is 0 Å². The van der Waals surface area contributed by atoms with Crippen LogP contribution >= 0.6 is 0 Å². The summed E-state index contributed by atoms with van der Waals surface area (Å²) in [4.78, 5) is 21.6. The third-order valence-electron chi connectivity index (χ3n) is 2.54. The first kappa shape index (κ1) is 13.5. The third-order valence-corrected chi connectivity index (χ3v) is 2.54. The highest BCUT2D eigenvalue weighted by atomic mass is 16.6. The molecule has 1 heterocycles. The summed E-state index contributed by atoms with van der Waals surface area (Å²) >= 11 is 0. The molecule has 0 aliphatic rings. The van der Waals surface area contributed by atoms with E-state index in [0.717, 1.165) is 5.56 Å². The molecule has 0 bridgehead atoms. The fraction of sp³-hybridized carbons (Fsp3) is 0.0769. The van der Waals surface area contributed by atoms with Crippen LogP contribution in [0.4, 0.5) is 5.88 Å². The number of nitro groups is 1. The molecule has 0 saturated heterocycles. The van der Waals surface area contributed by atoms with E-state index in [1.165, 1.54) is 18.3 Å². The Labute approximate surface area is 114 Å². The molecule has 0 unspecified atom stereocenters. The van der Waals surface area contributed by atoms with E-state index >= 15 is 0 Å². The van der Waals surface area contributed by atoms with Gasteiger partial charge in [0.05, 0.1) is 12.3 Å². The van der Waals surface area contributed by atoms with Crippen LogP contribution in [0.3, 0.4) is 0 Å². The van der Waals surface area contributed by atoms with Gasteiger partial charge >= 0.3 is 5.88 Å². The summed E-state index contributed by atoms with van der Waals surface area (Å²) in [6, 6.07) is 9.68. The number of carbonyl (C=O) groups is 1. The highest BCUT2D eigenvalue weighted by Gasteiger charge is 2.10. The number of hydrogen-bond donors (Lipinski definition) is 1. The van der Waals surface area contributed by atoms with Crippen LogP contribution in [-0.2, 0) is 0 Å². The second-order valence-corrected chi connectivity index (χ2v) is 3.95. The van der Waals surface area contributed by atoms with Crippen molar-refractivity contribution in [2.75, 3.05) is 0 Å². The van der Waals surface area contributed by atoms with E-state index < -0.39 is 4.92 Å². The minimum atomic E-state index is -0.650. The fourth-order valence-corrected chi connectivity index (χ4v) is 1.55. The van der Waals surface area contributed by atoms with Gasteiger partial charge in [0.25, 0.3) is 5.91 Å². The van der Waals surface area contributed by atoms with Crippen LogP contribution in [0.15, 0.2) is 45.9 Å². The maximum absolute atomic E-state index is 11.8. The van der Waals surface area contributed by atoms with Crippen molar-refractivity contribution in [1.82, 2.24) is 5.43 Å². The Bertz CT molecular complexity index is 676. The van der Waals surface area contributed by atoms with Gasteiger partial charge in [0.2, 0.25) is 0 Å². The van der Waals surface area contributed by atoms with E-state index in [9.17, 15) is 14.9 Å². The summed E-state index contributed by atoms with van der Waals surface area (Å²) in [7, 11) is 0. The lowest BCUT2D eigenvalue weighted by Gasteiger charge is -2.02. The molecular formula is C13H11N3O4. The fourth-order valence-electron chi connectivity index (χ4n) is 1.55. The van der Waals surface area contributed by atoms with Crippen LogP contribution in [0.2, 0.25) is 0 Å². The third kappa shape index (κ3) is 3.08. The Morgan fingerprint density at radius 3 is 2.75 bits per heavy atom. The molecule has 0 aliphatic heterocycles. The number of rotatable bonds is 4. The molecule has 0 radical (unpaired) electrons. The SMILES string of the molecule is Cc1ccccc1C(=O)NN=Cc1ccc([N+](=O)[O-])o1. The molecule has 2 aromatic rings. The van der Waals surface area contributed by atoms with Gasteiger partial charge in [-0.1, -0.05) is 18.2 Å². The zero-order valence-corrected chi connectivity index (χ0v) is 10.6. The van der Waals surface area contributed by atoms with Crippen LogP contribution in [-0.4, -0.2) is 17.0 Å². The summed E-state index contributed by atoms with van der Waals surface area (Å²) in [6.45, 7) is 1.81. The molecular weight excluding hydrogens is 262 g/mol. The van der Waals surface area contributed by atoms with E-state index in [2.05, 4.69) is 10.5 Å². The summed E-state index contributed by atoms with van der Waals surface area (Å²) in [5, 5.41) is 14.1. The Morgan fingerprint density at radius 2 is 2.10 bits per heavy atom. The van der Waals surface area contributed by atoms with Gasteiger partial charge in [-0.3, -0.25) is 14.9 Å². The number of hydrazone groups is 1. The molecule has 0 spiro atoms. The molecule has 2 rings (SSSR count). The van der Waals surface area contributed by atoms with E-state index in [0.29, 0.717) is 5.56 Å². The number of carbonyl (C=O) groups excluding carboxylic acids is 1.